The Hall–Kier alpha value is -3.50. The van der Waals surface area contributed by atoms with Gasteiger partial charge in [-0.3, -0.25) is 0 Å². The van der Waals surface area contributed by atoms with Crippen LogP contribution in [0.15, 0.2) is 46.9 Å². The van der Waals surface area contributed by atoms with Crippen molar-refractivity contribution in [2.75, 3.05) is 7.11 Å². The molecule has 1 heterocycles. The number of halogens is 1. The number of alkyl halides is 1. The van der Waals surface area contributed by atoms with Gasteiger partial charge < -0.3 is 15.2 Å². The summed E-state index contributed by atoms with van der Waals surface area (Å²) in [5, 5.41) is 27.1. The highest BCUT2D eigenvalue weighted by Crippen LogP contribution is 2.47. The van der Waals surface area contributed by atoms with Crippen molar-refractivity contribution >= 4 is 0 Å². The number of hydrogen-bond donors (Lipinski definition) is 1. The summed E-state index contributed by atoms with van der Waals surface area (Å²) < 4.78 is 25.3. The van der Waals surface area contributed by atoms with Gasteiger partial charge in [0.05, 0.1) is 12.7 Å². The van der Waals surface area contributed by atoms with Crippen LogP contribution in [-0.4, -0.2) is 7.11 Å². The molecule has 2 rings (SSSR count). The molecule has 108 valence electrons. The molecule has 1 aromatic rings. The van der Waals surface area contributed by atoms with E-state index in [9.17, 15) is 0 Å². The summed E-state index contributed by atoms with van der Waals surface area (Å²) in [6.45, 7) is 0. The van der Waals surface area contributed by atoms with Gasteiger partial charge in [-0.05, 0) is 24.3 Å². The molecule has 7 heteroatoms. The largest absolute Gasteiger partial charge is 0.497 e. The van der Waals surface area contributed by atoms with E-state index in [1.807, 2.05) is 0 Å². The van der Waals surface area contributed by atoms with E-state index in [1.165, 1.54) is 31.4 Å². The third-order valence-corrected chi connectivity index (χ3v) is 3.12. The maximum absolute atomic E-state index is 15.4. The SMILES string of the molecule is COc1ccc(C2(F)OC(N)=C(C#N)C2=C(C#N)C#N)cc1. The first-order chi connectivity index (χ1) is 10.5. The van der Waals surface area contributed by atoms with Gasteiger partial charge in [0.15, 0.2) is 0 Å². The highest BCUT2D eigenvalue weighted by molar-refractivity contribution is 5.61. The van der Waals surface area contributed by atoms with Crippen molar-refractivity contribution in [3.63, 3.8) is 0 Å². The first kappa shape index (κ1) is 14.9. The van der Waals surface area contributed by atoms with Crippen LogP contribution >= 0.6 is 0 Å². The molecule has 0 aromatic heterocycles. The zero-order valence-corrected chi connectivity index (χ0v) is 11.4. The molecule has 0 saturated carbocycles. The quantitative estimate of drug-likeness (QED) is 0.833. The predicted molar refractivity (Wildman–Crippen MR) is 71.9 cm³/mol. The molecule has 0 radical (unpaired) electrons. The van der Waals surface area contributed by atoms with E-state index < -0.39 is 22.9 Å². The van der Waals surface area contributed by atoms with Crippen molar-refractivity contribution < 1.29 is 13.9 Å². The van der Waals surface area contributed by atoms with E-state index in [-0.39, 0.29) is 11.1 Å². The number of ether oxygens (including phenoxy) is 2. The van der Waals surface area contributed by atoms with E-state index >= 15 is 4.39 Å². The molecule has 0 aliphatic carbocycles. The van der Waals surface area contributed by atoms with Gasteiger partial charge in [-0.25, -0.2) is 0 Å². The van der Waals surface area contributed by atoms with E-state index in [4.69, 9.17) is 31.0 Å². The number of rotatable bonds is 2. The molecule has 1 atom stereocenters. The van der Waals surface area contributed by atoms with Crippen molar-refractivity contribution in [2.45, 2.75) is 5.85 Å². The molecule has 0 spiro atoms. The van der Waals surface area contributed by atoms with Crippen LogP contribution in [0.4, 0.5) is 4.39 Å². The van der Waals surface area contributed by atoms with E-state index in [1.54, 1.807) is 18.2 Å². The monoisotopic (exact) mass is 296 g/mol. The van der Waals surface area contributed by atoms with Gasteiger partial charge >= 0.3 is 5.85 Å². The van der Waals surface area contributed by atoms with Crippen LogP contribution in [0.2, 0.25) is 0 Å². The fourth-order valence-electron chi connectivity index (χ4n) is 2.08. The smallest absolute Gasteiger partial charge is 0.305 e. The molecule has 1 aliphatic rings. The highest BCUT2D eigenvalue weighted by atomic mass is 19.2. The summed E-state index contributed by atoms with van der Waals surface area (Å²) in [6.07, 6.45) is 0. The van der Waals surface area contributed by atoms with Gasteiger partial charge in [-0.1, -0.05) is 0 Å². The Balaban J connectivity index is 2.69. The third-order valence-electron chi connectivity index (χ3n) is 3.12. The number of nitrogens with zero attached hydrogens (tertiary/aromatic N) is 3. The minimum atomic E-state index is -2.68. The summed E-state index contributed by atoms with van der Waals surface area (Å²) in [5.74, 6) is -2.67. The highest BCUT2D eigenvalue weighted by Gasteiger charge is 2.50. The fourth-order valence-corrected chi connectivity index (χ4v) is 2.08. The zero-order valence-electron chi connectivity index (χ0n) is 11.4. The van der Waals surface area contributed by atoms with Gasteiger partial charge in [0.25, 0.3) is 0 Å². The average molecular weight is 296 g/mol. The lowest BCUT2D eigenvalue weighted by Gasteiger charge is -2.22. The fraction of sp³-hybridized carbons (Fsp3) is 0.133. The number of nitriles is 3. The topological polar surface area (TPSA) is 116 Å². The maximum atomic E-state index is 15.4. The Morgan fingerprint density at radius 1 is 1.23 bits per heavy atom. The van der Waals surface area contributed by atoms with Crippen LogP contribution in [0.1, 0.15) is 5.56 Å². The minimum Gasteiger partial charge on any atom is -0.497 e. The van der Waals surface area contributed by atoms with Crippen LogP contribution in [0.25, 0.3) is 0 Å². The van der Waals surface area contributed by atoms with Crippen molar-refractivity contribution in [3.8, 4) is 24.0 Å². The molecule has 1 aliphatic heterocycles. The number of hydrogen-bond acceptors (Lipinski definition) is 6. The summed E-state index contributed by atoms with van der Waals surface area (Å²) in [4.78, 5) is 0. The first-order valence-corrected chi connectivity index (χ1v) is 5.99. The second-order valence-electron chi connectivity index (χ2n) is 4.25. The van der Waals surface area contributed by atoms with Crippen LogP contribution in [0.5, 0.6) is 5.75 Å². The predicted octanol–water partition coefficient (Wildman–Crippen LogP) is 1.89. The molecule has 2 N–H and O–H groups in total. The van der Waals surface area contributed by atoms with Crippen molar-refractivity contribution in [1.29, 1.82) is 15.8 Å². The third kappa shape index (κ3) is 2.09. The van der Waals surface area contributed by atoms with Crippen LogP contribution in [0.3, 0.4) is 0 Å². The van der Waals surface area contributed by atoms with Crippen molar-refractivity contribution in [1.82, 2.24) is 0 Å². The standard InChI is InChI=1S/C15H9FN4O2/c1-21-11-4-2-10(3-5-11)15(16)13(9(6-17)7-18)12(8-19)14(20)22-15/h2-5H,20H2,1H3. The Kier molecular flexibility index (Phi) is 3.71. The lowest BCUT2D eigenvalue weighted by molar-refractivity contribution is -0.0702. The van der Waals surface area contributed by atoms with Crippen LogP contribution in [-0.2, 0) is 10.6 Å². The summed E-state index contributed by atoms with van der Waals surface area (Å²) in [5.41, 5.74) is 4.08. The van der Waals surface area contributed by atoms with Crippen LogP contribution in [0, 0.1) is 34.0 Å². The average Bonchev–Trinajstić information content (AvgIpc) is 2.80. The van der Waals surface area contributed by atoms with Crippen LogP contribution < -0.4 is 10.5 Å². The second kappa shape index (κ2) is 5.47. The zero-order chi connectivity index (χ0) is 16.3. The second-order valence-corrected chi connectivity index (χ2v) is 4.25. The molecule has 0 fully saturated rings. The molecule has 1 unspecified atom stereocenters. The van der Waals surface area contributed by atoms with Gasteiger partial charge in [-0.15, -0.1) is 0 Å². The van der Waals surface area contributed by atoms with Gasteiger partial charge in [0.1, 0.15) is 35.1 Å². The number of methoxy groups -OCH3 is 1. The summed E-state index contributed by atoms with van der Waals surface area (Å²) in [6, 6.07) is 10.5. The maximum Gasteiger partial charge on any atom is 0.305 e. The van der Waals surface area contributed by atoms with E-state index in [0.717, 1.165) is 0 Å². The van der Waals surface area contributed by atoms with E-state index in [2.05, 4.69) is 0 Å². The lowest BCUT2D eigenvalue weighted by atomic mass is 9.91. The Morgan fingerprint density at radius 3 is 2.27 bits per heavy atom. The van der Waals surface area contributed by atoms with Gasteiger partial charge in [-0.2, -0.15) is 20.2 Å². The van der Waals surface area contributed by atoms with Gasteiger partial charge in [0.2, 0.25) is 5.88 Å². The summed E-state index contributed by atoms with van der Waals surface area (Å²) in [7, 11) is 1.45. The van der Waals surface area contributed by atoms with Crippen molar-refractivity contribution in [2.24, 2.45) is 5.73 Å². The van der Waals surface area contributed by atoms with Gasteiger partial charge in [0, 0.05) is 5.56 Å². The lowest BCUT2D eigenvalue weighted by Crippen LogP contribution is -2.24. The molecule has 0 amide bonds. The summed E-state index contributed by atoms with van der Waals surface area (Å²) >= 11 is 0. The molecule has 0 saturated heterocycles. The normalized spacial score (nSPS) is 19.7. The molecule has 0 bridgehead atoms. The molecule has 1 aromatic carbocycles. The molecular weight excluding hydrogens is 287 g/mol. The Labute approximate surface area is 125 Å². The Morgan fingerprint density at radius 2 is 1.82 bits per heavy atom. The van der Waals surface area contributed by atoms with E-state index in [0.29, 0.717) is 5.75 Å². The number of nitrogens with two attached hydrogens (primary N) is 1. The molecular formula is C15H9FN4O2. The number of benzene rings is 1. The molecule has 6 nitrogen and oxygen atoms in total. The minimum absolute atomic E-state index is 0.0144. The molecule has 22 heavy (non-hydrogen) atoms. The first-order valence-electron chi connectivity index (χ1n) is 5.99. The van der Waals surface area contributed by atoms with Crippen molar-refractivity contribution in [3.05, 3.63) is 52.4 Å². The Bertz CT molecular complexity index is 790. The number of allylic oxidation sites excluding steroid dienone is 1.